The Kier molecular flexibility index (Phi) is 6.50. The number of hydrogen-bond donors (Lipinski definition) is 2. The minimum absolute atomic E-state index is 0.110. The molecule has 1 saturated heterocycles. The average Bonchev–Trinajstić information content (AvgIpc) is 3.42. The van der Waals surface area contributed by atoms with E-state index in [1.807, 2.05) is 54.3 Å². The van der Waals surface area contributed by atoms with Crippen molar-refractivity contribution < 1.29 is 28.9 Å². The molecule has 1 unspecified atom stereocenters. The quantitative estimate of drug-likeness (QED) is 0.651. The van der Waals surface area contributed by atoms with Crippen LogP contribution < -0.4 is 19.5 Å². The predicted molar refractivity (Wildman–Crippen MR) is 117 cm³/mol. The minimum atomic E-state index is -0.898. The number of rotatable bonds is 8. The van der Waals surface area contributed by atoms with Crippen LogP contribution in [-0.2, 0) is 9.59 Å². The molecule has 2 aromatic rings. The minimum Gasteiger partial charge on any atom is -0.497 e. The molecule has 0 spiro atoms. The van der Waals surface area contributed by atoms with Crippen LogP contribution in [0, 0.1) is 5.92 Å². The zero-order valence-electron chi connectivity index (χ0n) is 18.2. The normalized spacial score (nSPS) is 22.0. The zero-order valence-corrected chi connectivity index (χ0v) is 18.2. The highest BCUT2D eigenvalue weighted by Gasteiger charge is 2.48. The van der Waals surface area contributed by atoms with Crippen LogP contribution in [0.25, 0.3) is 0 Å². The number of fused-ring (bicyclic) bond motifs is 1. The smallest absolute Gasteiger partial charge is 0.309 e. The Balaban J connectivity index is 1.69. The van der Waals surface area contributed by atoms with Crippen molar-refractivity contribution in [1.29, 1.82) is 0 Å². The molecule has 1 fully saturated rings. The maximum absolute atomic E-state index is 12.6. The number of carbonyl (C=O) groups is 2. The van der Waals surface area contributed by atoms with Gasteiger partial charge in [0.15, 0.2) is 11.5 Å². The van der Waals surface area contributed by atoms with Gasteiger partial charge in [-0.15, -0.1) is 0 Å². The van der Waals surface area contributed by atoms with Crippen molar-refractivity contribution in [3.05, 3.63) is 53.6 Å². The molecule has 2 aromatic carbocycles. The topological polar surface area (TPSA) is 97.3 Å². The van der Waals surface area contributed by atoms with Crippen molar-refractivity contribution in [2.75, 3.05) is 33.5 Å². The van der Waals surface area contributed by atoms with Crippen molar-refractivity contribution in [2.24, 2.45) is 5.92 Å². The molecule has 3 atom stereocenters. The number of hydrogen-bond acceptors (Lipinski definition) is 6. The number of aliphatic carboxylic acids is 1. The fourth-order valence-electron chi connectivity index (χ4n) is 4.58. The summed E-state index contributed by atoms with van der Waals surface area (Å²) in [7, 11) is 1.59. The highest BCUT2D eigenvalue weighted by molar-refractivity contribution is 5.79. The molecule has 0 bridgehead atoms. The van der Waals surface area contributed by atoms with Crippen molar-refractivity contribution in [3.63, 3.8) is 0 Å². The van der Waals surface area contributed by atoms with Crippen LogP contribution in [0.5, 0.6) is 17.2 Å². The van der Waals surface area contributed by atoms with E-state index in [0.717, 1.165) is 17.5 Å². The van der Waals surface area contributed by atoms with Gasteiger partial charge in [-0.05, 0) is 41.8 Å². The number of likely N-dealkylation sites (tertiary alicyclic amines) is 1. The van der Waals surface area contributed by atoms with E-state index in [1.165, 1.54) is 0 Å². The number of amides is 1. The van der Waals surface area contributed by atoms with Gasteiger partial charge < -0.3 is 24.6 Å². The molecule has 2 N–H and O–H groups in total. The van der Waals surface area contributed by atoms with Crippen LogP contribution in [0.4, 0.5) is 0 Å². The summed E-state index contributed by atoms with van der Waals surface area (Å²) in [5, 5.41) is 13.2. The first-order valence-electron chi connectivity index (χ1n) is 10.8. The van der Waals surface area contributed by atoms with Gasteiger partial charge >= 0.3 is 5.97 Å². The third-order valence-electron chi connectivity index (χ3n) is 6.08. The third kappa shape index (κ3) is 4.36. The number of carboxylic acids is 1. The summed E-state index contributed by atoms with van der Waals surface area (Å²) in [5.74, 6) is -0.0901. The first kappa shape index (κ1) is 22.0. The lowest BCUT2D eigenvalue weighted by Crippen LogP contribution is -2.38. The number of nitrogens with zero attached hydrogens (tertiary/aromatic N) is 1. The van der Waals surface area contributed by atoms with Crippen LogP contribution in [0.15, 0.2) is 42.5 Å². The fraction of sp³-hybridized carbons (Fsp3) is 0.417. The Morgan fingerprint density at radius 3 is 2.53 bits per heavy atom. The lowest BCUT2D eigenvalue weighted by molar-refractivity contribution is -0.143. The van der Waals surface area contributed by atoms with Crippen molar-refractivity contribution in [1.82, 2.24) is 10.2 Å². The summed E-state index contributed by atoms with van der Waals surface area (Å²) >= 11 is 0. The Hall–Kier alpha value is -3.26. The van der Waals surface area contributed by atoms with Crippen LogP contribution in [-0.4, -0.2) is 55.4 Å². The summed E-state index contributed by atoms with van der Waals surface area (Å²) in [6, 6.07) is 12.5. The van der Waals surface area contributed by atoms with E-state index in [-0.39, 0.29) is 25.2 Å². The molecule has 170 valence electrons. The maximum Gasteiger partial charge on any atom is 0.309 e. The molecule has 2 aliphatic heterocycles. The average molecular weight is 440 g/mol. The molecular formula is C24H28N2O6. The van der Waals surface area contributed by atoms with E-state index in [4.69, 9.17) is 14.2 Å². The van der Waals surface area contributed by atoms with E-state index >= 15 is 0 Å². The van der Waals surface area contributed by atoms with Gasteiger partial charge in [-0.3, -0.25) is 14.5 Å². The molecule has 4 rings (SSSR count). The highest BCUT2D eigenvalue weighted by atomic mass is 16.7. The first-order valence-corrected chi connectivity index (χ1v) is 10.8. The number of benzene rings is 2. The summed E-state index contributed by atoms with van der Waals surface area (Å²) in [6.45, 7) is 3.30. The Morgan fingerprint density at radius 2 is 1.84 bits per heavy atom. The second-order valence-corrected chi connectivity index (χ2v) is 8.08. The summed E-state index contributed by atoms with van der Waals surface area (Å²) < 4.78 is 16.2. The highest BCUT2D eigenvalue weighted by Crippen LogP contribution is 2.47. The molecule has 8 heteroatoms. The van der Waals surface area contributed by atoms with E-state index in [2.05, 4.69) is 5.32 Å². The van der Waals surface area contributed by atoms with Crippen LogP contribution >= 0.6 is 0 Å². The third-order valence-corrected chi connectivity index (χ3v) is 6.08. The second-order valence-electron chi connectivity index (χ2n) is 8.08. The largest absolute Gasteiger partial charge is 0.497 e. The molecular weight excluding hydrogens is 412 g/mol. The SMILES string of the molecule is CCCNC(=O)CN1CC(c2ccc3c(c2)OCO3)[C@@H](C(=O)O)[C@@H]1c1ccc(OC)cc1. The molecule has 0 saturated carbocycles. The van der Waals surface area contributed by atoms with E-state index in [0.29, 0.717) is 30.3 Å². The molecule has 1 amide bonds. The Labute approximate surface area is 187 Å². The van der Waals surface area contributed by atoms with Gasteiger partial charge in [-0.1, -0.05) is 25.1 Å². The van der Waals surface area contributed by atoms with Gasteiger partial charge in [0, 0.05) is 25.0 Å². The molecule has 8 nitrogen and oxygen atoms in total. The fourth-order valence-corrected chi connectivity index (χ4v) is 4.58. The zero-order chi connectivity index (χ0) is 22.7. The Morgan fingerprint density at radius 1 is 1.12 bits per heavy atom. The summed E-state index contributed by atoms with van der Waals surface area (Å²) in [6.07, 6.45) is 0.839. The second kappa shape index (κ2) is 9.48. The molecule has 32 heavy (non-hydrogen) atoms. The van der Waals surface area contributed by atoms with E-state index < -0.39 is 17.9 Å². The van der Waals surface area contributed by atoms with Crippen molar-refractivity contribution in [2.45, 2.75) is 25.3 Å². The first-order chi connectivity index (χ1) is 15.5. The van der Waals surface area contributed by atoms with Gasteiger partial charge in [0.1, 0.15) is 5.75 Å². The molecule has 2 aliphatic rings. The summed E-state index contributed by atoms with van der Waals surface area (Å²) in [5.41, 5.74) is 1.70. The number of nitrogens with one attached hydrogen (secondary N) is 1. The van der Waals surface area contributed by atoms with Crippen LogP contribution in [0.1, 0.15) is 36.4 Å². The number of carboxylic acid groups (broad SMARTS) is 1. The van der Waals surface area contributed by atoms with Crippen LogP contribution in [0.3, 0.4) is 0 Å². The van der Waals surface area contributed by atoms with Crippen LogP contribution in [0.2, 0.25) is 0 Å². The van der Waals surface area contributed by atoms with Gasteiger partial charge in [-0.2, -0.15) is 0 Å². The number of methoxy groups -OCH3 is 1. The van der Waals surface area contributed by atoms with Crippen molar-refractivity contribution in [3.8, 4) is 17.2 Å². The molecule has 2 heterocycles. The Bertz CT molecular complexity index is 977. The van der Waals surface area contributed by atoms with Gasteiger partial charge in [0.05, 0.1) is 19.6 Å². The number of carbonyl (C=O) groups excluding carboxylic acids is 1. The number of ether oxygens (including phenoxy) is 3. The van der Waals surface area contributed by atoms with Gasteiger partial charge in [-0.25, -0.2) is 0 Å². The molecule has 0 radical (unpaired) electrons. The molecule has 0 aliphatic carbocycles. The van der Waals surface area contributed by atoms with Gasteiger partial charge in [0.25, 0.3) is 0 Å². The van der Waals surface area contributed by atoms with E-state index in [9.17, 15) is 14.7 Å². The van der Waals surface area contributed by atoms with E-state index in [1.54, 1.807) is 7.11 Å². The monoisotopic (exact) mass is 440 g/mol. The lowest BCUT2D eigenvalue weighted by atomic mass is 9.82. The van der Waals surface area contributed by atoms with Crippen molar-refractivity contribution >= 4 is 11.9 Å². The maximum atomic E-state index is 12.6. The van der Waals surface area contributed by atoms with Gasteiger partial charge in [0.2, 0.25) is 12.7 Å². The standard InChI is InChI=1S/C24H28N2O6/c1-3-10-25-21(27)13-26-12-18(16-6-9-19-20(11-16)32-14-31-19)22(24(28)29)23(26)15-4-7-17(30-2)8-5-15/h4-9,11,18,22-23H,3,10,12-14H2,1-2H3,(H,25,27)(H,28,29)/t18?,22-,23+/m1/s1. The summed E-state index contributed by atoms with van der Waals surface area (Å²) in [4.78, 5) is 27.0. The predicted octanol–water partition coefficient (Wildman–Crippen LogP) is 2.79. The lowest BCUT2D eigenvalue weighted by Gasteiger charge is -2.27. The molecule has 0 aromatic heterocycles.